The van der Waals surface area contributed by atoms with E-state index in [-0.39, 0.29) is 17.9 Å². The van der Waals surface area contributed by atoms with Crippen LogP contribution < -0.4 is 10.9 Å². The van der Waals surface area contributed by atoms with Crippen molar-refractivity contribution in [3.8, 4) is 0 Å². The van der Waals surface area contributed by atoms with E-state index in [1.807, 2.05) is 56.8 Å². The molecule has 0 aliphatic carbocycles. The Morgan fingerprint density at radius 1 is 1.23 bits per heavy atom. The van der Waals surface area contributed by atoms with Crippen molar-refractivity contribution in [2.75, 3.05) is 0 Å². The Morgan fingerprint density at radius 3 is 2.69 bits per heavy atom. The maximum Gasteiger partial charge on any atom is 0.251 e. The van der Waals surface area contributed by atoms with Gasteiger partial charge in [-0.15, -0.1) is 0 Å². The van der Waals surface area contributed by atoms with E-state index in [0.717, 1.165) is 33.4 Å². The molecule has 0 fully saturated rings. The summed E-state index contributed by atoms with van der Waals surface area (Å²) in [5, 5.41) is 8.26. The number of aromatic nitrogens is 3. The average molecular weight is 352 g/mol. The molecule has 2 heterocycles. The Hall–Kier alpha value is -2.89. The van der Waals surface area contributed by atoms with Crippen LogP contribution in [0.1, 0.15) is 34.5 Å². The molecule has 3 aromatic rings. The lowest BCUT2D eigenvalue weighted by molar-refractivity contribution is -0.121. The molecule has 3 rings (SSSR count). The standard InChI is InChI=1S/C20H24N4O2/c1-12-5-7-18-16(9-12)10-15(20(26)22-18)6-8-19(25)21-11-17-13(2)23-24(4)14(17)3/h5,7,9-10H,6,8,11H2,1-4H3,(H,21,25)(H,22,26). The highest BCUT2D eigenvalue weighted by Crippen LogP contribution is 2.14. The Balaban J connectivity index is 1.65. The number of aryl methyl sites for hydroxylation is 4. The Labute approximate surface area is 152 Å². The van der Waals surface area contributed by atoms with Crippen LogP contribution in [0.3, 0.4) is 0 Å². The molecule has 0 spiro atoms. The highest BCUT2D eigenvalue weighted by molar-refractivity contribution is 5.80. The lowest BCUT2D eigenvalue weighted by Gasteiger charge is -2.07. The second kappa shape index (κ2) is 7.15. The van der Waals surface area contributed by atoms with Gasteiger partial charge in [0.15, 0.2) is 0 Å². The number of amides is 1. The normalized spacial score (nSPS) is 11.1. The topological polar surface area (TPSA) is 79.8 Å². The summed E-state index contributed by atoms with van der Waals surface area (Å²) in [5.41, 5.74) is 5.46. The van der Waals surface area contributed by atoms with E-state index in [4.69, 9.17) is 0 Å². The van der Waals surface area contributed by atoms with Crippen LogP contribution in [-0.4, -0.2) is 20.7 Å². The quantitative estimate of drug-likeness (QED) is 0.740. The number of benzene rings is 1. The van der Waals surface area contributed by atoms with Crippen LogP contribution in [0, 0.1) is 20.8 Å². The molecule has 2 aromatic heterocycles. The average Bonchev–Trinajstić information content (AvgIpc) is 2.83. The van der Waals surface area contributed by atoms with E-state index >= 15 is 0 Å². The third-order valence-corrected chi connectivity index (χ3v) is 4.82. The molecule has 2 N–H and O–H groups in total. The summed E-state index contributed by atoms with van der Waals surface area (Å²) < 4.78 is 1.81. The van der Waals surface area contributed by atoms with Gasteiger partial charge in [-0.1, -0.05) is 11.6 Å². The first-order chi connectivity index (χ1) is 12.3. The maximum absolute atomic E-state index is 12.2. The van der Waals surface area contributed by atoms with Gasteiger partial charge in [0.25, 0.3) is 5.56 Å². The van der Waals surface area contributed by atoms with E-state index < -0.39 is 0 Å². The van der Waals surface area contributed by atoms with Crippen molar-refractivity contribution in [1.82, 2.24) is 20.1 Å². The number of rotatable bonds is 5. The largest absolute Gasteiger partial charge is 0.352 e. The van der Waals surface area contributed by atoms with Crippen LogP contribution in [0.5, 0.6) is 0 Å². The third kappa shape index (κ3) is 3.69. The second-order valence-corrected chi connectivity index (χ2v) is 6.76. The Morgan fingerprint density at radius 2 is 2.00 bits per heavy atom. The van der Waals surface area contributed by atoms with Gasteiger partial charge in [-0.3, -0.25) is 14.3 Å². The minimum atomic E-state index is -0.131. The van der Waals surface area contributed by atoms with E-state index in [0.29, 0.717) is 18.5 Å². The molecule has 0 atom stereocenters. The highest BCUT2D eigenvalue weighted by Gasteiger charge is 2.11. The molecule has 1 amide bonds. The number of carbonyl (C=O) groups is 1. The smallest absolute Gasteiger partial charge is 0.251 e. The van der Waals surface area contributed by atoms with Gasteiger partial charge in [0, 0.05) is 42.4 Å². The number of hydrogen-bond donors (Lipinski definition) is 2. The molecule has 1 aromatic carbocycles. The fourth-order valence-electron chi connectivity index (χ4n) is 3.15. The molecule has 26 heavy (non-hydrogen) atoms. The first kappa shape index (κ1) is 17.9. The minimum absolute atomic E-state index is 0.0728. The van der Waals surface area contributed by atoms with Crippen LogP contribution in [0.2, 0.25) is 0 Å². The van der Waals surface area contributed by atoms with Gasteiger partial charge in [0.1, 0.15) is 0 Å². The van der Waals surface area contributed by atoms with Crippen LogP contribution in [0.15, 0.2) is 29.1 Å². The summed E-state index contributed by atoms with van der Waals surface area (Å²) in [6.07, 6.45) is 0.689. The lowest BCUT2D eigenvalue weighted by atomic mass is 10.1. The molecular weight excluding hydrogens is 328 g/mol. The zero-order valence-corrected chi connectivity index (χ0v) is 15.6. The third-order valence-electron chi connectivity index (χ3n) is 4.82. The summed E-state index contributed by atoms with van der Waals surface area (Å²) in [4.78, 5) is 27.3. The van der Waals surface area contributed by atoms with Gasteiger partial charge in [0.2, 0.25) is 5.91 Å². The van der Waals surface area contributed by atoms with Crippen molar-refractivity contribution in [2.45, 2.75) is 40.2 Å². The van der Waals surface area contributed by atoms with Gasteiger partial charge in [0.05, 0.1) is 5.69 Å². The van der Waals surface area contributed by atoms with Crippen LogP contribution in [-0.2, 0) is 24.8 Å². The van der Waals surface area contributed by atoms with Crippen molar-refractivity contribution in [1.29, 1.82) is 0 Å². The second-order valence-electron chi connectivity index (χ2n) is 6.76. The van der Waals surface area contributed by atoms with Crippen molar-refractivity contribution >= 4 is 16.8 Å². The van der Waals surface area contributed by atoms with E-state index in [1.165, 1.54) is 0 Å². The summed E-state index contributed by atoms with van der Waals surface area (Å²) in [7, 11) is 1.89. The number of carbonyl (C=O) groups excluding carboxylic acids is 1. The summed E-state index contributed by atoms with van der Waals surface area (Å²) >= 11 is 0. The van der Waals surface area contributed by atoms with Gasteiger partial charge in [-0.05, 0) is 50.8 Å². The van der Waals surface area contributed by atoms with E-state index in [9.17, 15) is 9.59 Å². The number of nitrogens with zero attached hydrogens (tertiary/aromatic N) is 2. The van der Waals surface area contributed by atoms with Crippen molar-refractivity contribution < 1.29 is 4.79 Å². The van der Waals surface area contributed by atoms with Gasteiger partial charge in [-0.2, -0.15) is 5.10 Å². The zero-order chi connectivity index (χ0) is 18.8. The fraction of sp³-hybridized carbons (Fsp3) is 0.350. The highest BCUT2D eigenvalue weighted by atomic mass is 16.1. The molecule has 0 unspecified atom stereocenters. The number of fused-ring (bicyclic) bond motifs is 1. The summed E-state index contributed by atoms with van der Waals surface area (Å²) in [6, 6.07) is 7.78. The molecule has 0 bridgehead atoms. The minimum Gasteiger partial charge on any atom is -0.352 e. The van der Waals surface area contributed by atoms with E-state index in [1.54, 1.807) is 0 Å². The first-order valence-corrected chi connectivity index (χ1v) is 8.73. The van der Waals surface area contributed by atoms with E-state index in [2.05, 4.69) is 15.4 Å². The lowest BCUT2D eigenvalue weighted by Crippen LogP contribution is -2.24. The molecule has 0 aliphatic rings. The molecule has 6 heteroatoms. The van der Waals surface area contributed by atoms with Crippen LogP contribution in [0.4, 0.5) is 0 Å². The molecule has 0 saturated heterocycles. The molecule has 0 radical (unpaired) electrons. The van der Waals surface area contributed by atoms with Crippen LogP contribution in [0.25, 0.3) is 10.9 Å². The summed E-state index contributed by atoms with van der Waals surface area (Å²) in [6.45, 7) is 6.39. The molecule has 6 nitrogen and oxygen atoms in total. The zero-order valence-electron chi connectivity index (χ0n) is 15.6. The predicted octanol–water partition coefficient (Wildman–Crippen LogP) is 2.44. The molecule has 136 valence electrons. The molecule has 0 aliphatic heterocycles. The first-order valence-electron chi connectivity index (χ1n) is 8.73. The fourth-order valence-corrected chi connectivity index (χ4v) is 3.15. The van der Waals surface area contributed by atoms with Crippen LogP contribution >= 0.6 is 0 Å². The predicted molar refractivity (Wildman–Crippen MR) is 102 cm³/mol. The number of nitrogens with one attached hydrogen (secondary N) is 2. The molecular formula is C20H24N4O2. The monoisotopic (exact) mass is 352 g/mol. The molecule has 0 saturated carbocycles. The summed E-state index contributed by atoms with van der Waals surface area (Å²) in [5.74, 6) is -0.0728. The Bertz CT molecular complexity index is 1030. The number of H-pyrrole nitrogens is 1. The Kier molecular flexibility index (Phi) is 4.93. The number of aromatic amines is 1. The van der Waals surface area contributed by atoms with Crippen molar-refractivity contribution in [3.63, 3.8) is 0 Å². The van der Waals surface area contributed by atoms with Gasteiger partial charge in [-0.25, -0.2) is 0 Å². The van der Waals surface area contributed by atoms with Crippen molar-refractivity contribution in [3.05, 3.63) is 62.7 Å². The SMILES string of the molecule is Cc1ccc2[nH]c(=O)c(CCC(=O)NCc3c(C)nn(C)c3C)cc2c1. The van der Waals surface area contributed by atoms with Gasteiger partial charge < -0.3 is 10.3 Å². The number of pyridine rings is 1. The van der Waals surface area contributed by atoms with Crippen molar-refractivity contribution in [2.24, 2.45) is 7.05 Å². The van der Waals surface area contributed by atoms with Gasteiger partial charge >= 0.3 is 0 Å². The number of hydrogen-bond acceptors (Lipinski definition) is 3. The maximum atomic E-state index is 12.2.